The van der Waals surface area contributed by atoms with Crippen molar-refractivity contribution >= 4 is 33.2 Å². The summed E-state index contributed by atoms with van der Waals surface area (Å²) in [6.07, 6.45) is 0.434. The van der Waals surface area contributed by atoms with Crippen molar-refractivity contribution in [1.82, 2.24) is 9.62 Å². The Morgan fingerprint density at radius 2 is 1.87 bits per heavy atom. The van der Waals surface area contributed by atoms with E-state index in [2.05, 4.69) is 5.32 Å². The van der Waals surface area contributed by atoms with E-state index in [9.17, 15) is 18.0 Å². The summed E-state index contributed by atoms with van der Waals surface area (Å²) in [5.74, 6) is -1.26. The van der Waals surface area contributed by atoms with Gasteiger partial charge in [-0.05, 0) is 11.5 Å². The van der Waals surface area contributed by atoms with Crippen LogP contribution in [0.15, 0.2) is 47.4 Å². The molecule has 122 valence electrons. The molecule has 8 heteroatoms. The Morgan fingerprint density at radius 3 is 2.57 bits per heavy atom. The number of carbonyl (C=O) groups is 2. The monoisotopic (exact) mass is 336 g/mol. The molecule has 7 nitrogen and oxygen atoms in total. The number of hydrogen-bond acceptors (Lipinski definition) is 4. The lowest BCUT2D eigenvalue weighted by Crippen LogP contribution is -2.40. The maximum Gasteiger partial charge on any atom is 0.318 e. The Balaban J connectivity index is 2.46. The Kier molecular flexibility index (Phi) is 5.30. The SMILES string of the molecule is O=CNCCN(CC(=O)O)S(=O)(=O)c1cccc2ccccc12. The van der Waals surface area contributed by atoms with Gasteiger partial charge in [0.1, 0.15) is 6.54 Å². The summed E-state index contributed by atoms with van der Waals surface area (Å²) in [5, 5.41) is 12.6. The predicted octanol–water partition coefficient (Wildman–Crippen LogP) is 0.661. The quantitative estimate of drug-likeness (QED) is 0.544. The molecule has 0 bridgehead atoms. The summed E-state index contributed by atoms with van der Waals surface area (Å²) >= 11 is 0. The fraction of sp³-hybridized carbons (Fsp3) is 0.200. The van der Waals surface area contributed by atoms with Crippen LogP contribution in [0.3, 0.4) is 0 Å². The summed E-state index contributed by atoms with van der Waals surface area (Å²) < 4.78 is 26.5. The Morgan fingerprint density at radius 1 is 1.17 bits per heavy atom. The lowest BCUT2D eigenvalue weighted by molar-refractivity contribution is -0.137. The van der Waals surface area contributed by atoms with E-state index < -0.39 is 22.5 Å². The molecule has 0 aliphatic rings. The zero-order valence-electron chi connectivity index (χ0n) is 12.2. The fourth-order valence-corrected chi connectivity index (χ4v) is 3.85. The van der Waals surface area contributed by atoms with Crippen molar-refractivity contribution in [3.63, 3.8) is 0 Å². The first-order chi connectivity index (χ1) is 11.0. The van der Waals surface area contributed by atoms with E-state index in [1.165, 1.54) is 6.07 Å². The standard InChI is InChI=1S/C15H16N2O5S/c18-11-16-8-9-17(10-15(19)20)23(21,22)14-7-3-5-12-4-1-2-6-13(12)14/h1-7,11H,8-10H2,(H,16,18)(H,19,20). The highest BCUT2D eigenvalue weighted by Gasteiger charge is 2.27. The first-order valence-electron chi connectivity index (χ1n) is 6.83. The van der Waals surface area contributed by atoms with Gasteiger partial charge in [0.2, 0.25) is 16.4 Å². The number of rotatable bonds is 8. The fourth-order valence-electron chi connectivity index (χ4n) is 2.24. The van der Waals surface area contributed by atoms with Crippen molar-refractivity contribution in [2.75, 3.05) is 19.6 Å². The maximum atomic E-state index is 12.8. The molecule has 0 radical (unpaired) electrons. The number of benzene rings is 2. The highest BCUT2D eigenvalue weighted by atomic mass is 32.2. The van der Waals surface area contributed by atoms with Crippen LogP contribution < -0.4 is 5.32 Å². The molecule has 2 N–H and O–H groups in total. The summed E-state index contributed by atoms with van der Waals surface area (Å²) in [5.41, 5.74) is 0. The number of carboxylic acids is 1. The first-order valence-corrected chi connectivity index (χ1v) is 8.27. The van der Waals surface area contributed by atoms with Crippen LogP contribution in [0.2, 0.25) is 0 Å². The predicted molar refractivity (Wildman–Crippen MR) is 84.4 cm³/mol. The Bertz CT molecular complexity index is 814. The topological polar surface area (TPSA) is 104 Å². The number of sulfonamides is 1. The normalized spacial score (nSPS) is 11.5. The molecule has 2 aromatic carbocycles. The van der Waals surface area contributed by atoms with E-state index in [4.69, 9.17) is 5.11 Å². The van der Waals surface area contributed by atoms with Crippen LogP contribution in [-0.4, -0.2) is 49.8 Å². The average molecular weight is 336 g/mol. The maximum absolute atomic E-state index is 12.8. The van der Waals surface area contributed by atoms with E-state index in [1.54, 1.807) is 36.4 Å². The summed E-state index contributed by atoms with van der Waals surface area (Å²) in [6, 6.07) is 11.8. The van der Waals surface area contributed by atoms with Crippen LogP contribution in [0, 0.1) is 0 Å². The van der Waals surface area contributed by atoms with Crippen LogP contribution >= 0.6 is 0 Å². The van der Waals surface area contributed by atoms with Gasteiger partial charge in [-0.25, -0.2) is 8.42 Å². The van der Waals surface area contributed by atoms with Gasteiger partial charge in [0.25, 0.3) is 0 Å². The molecular formula is C15H16N2O5S. The van der Waals surface area contributed by atoms with E-state index in [0.29, 0.717) is 11.8 Å². The van der Waals surface area contributed by atoms with Crippen LogP contribution in [0.1, 0.15) is 0 Å². The molecule has 0 aliphatic heterocycles. The van der Waals surface area contributed by atoms with Gasteiger partial charge >= 0.3 is 5.97 Å². The van der Waals surface area contributed by atoms with E-state index in [0.717, 1.165) is 9.69 Å². The van der Waals surface area contributed by atoms with Gasteiger partial charge in [0, 0.05) is 18.5 Å². The zero-order valence-corrected chi connectivity index (χ0v) is 13.0. The molecule has 0 fully saturated rings. The third kappa shape index (κ3) is 3.85. The average Bonchev–Trinajstić information content (AvgIpc) is 2.53. The molecule has 0 aliphatic carbocycles. The second-order valence-electron chi connectivity index (χ2n) is 4.78. The number of nitrogens with zero attached hydrogens (tertiary/aromatic N) is 1. The molecule has 0 saturated carbocycles. The molecule has 0 spiro atoms. The van der Waals surface area contributed by atoms with Crippen molar-refractivity contribution < 1.29 is 23.1 Å². The minimum absolute atomic E-state index is 0.0285. The molecular weight excluding hydrogens is 320 g/mol. The van der Waals surface area contributed by atoms with Crippen LogP contribution in [0.4, 0.5) is 0 Å². The van der Waals surface area contributed by atoms with Crippen molar-refractivity contribution in [2.45, 2.75) is 4.90 Å². The lowest BCUT2D eigenvalue weighted by Gasteiger charge is -2.21. The Hall–Kier alpha value is -2.45. The summed E-state index contributed by atoms with van der Waals surface area (Å²) in [7, 11) is -4.01. The molecule has 2 rings (SSSR count). The van der Waals surface area contributed by atoms with Crippen molar-refractivity contribution in [2.24, 2.45) is 0 Å². The second kappa shape index (κ2) is 7.21. The number of nitrogens with one attached hydrogen (secondary N) is 1. The molecule has 0 unspecified atom stereocenters. The molecule has 1 amide bonds. The van der Waals surface area contributed by atoms with Gasteiger partial charge in [-0.2, -0.15) is 4.31 Å². The number of hydrogen-bond donors (Lipinski definition) is 2. The van der Waals surface area contributed by atoms with Crippen molar-refractivity contribution in [1.29, 1.82) is 0 Å². The van der Waals surface area contributed by atoms with E-state index >= 15 is 0 Å². The lowest BCUT2D eigenvalue weighted by atomic mass is 10.1. The van der Waals surface area contributed by atoms with Gasteiger partial charge < -0.3 is 10.4 Å². The number of carbonyl (C=O) groups excluding carboxylic acids is 1. The van der Waals surface area contributed by atoms with Crippen LogP contribution in [0.25, 0.3) is 10.8 Å². The van der Waals surface area contributed by atoms with Crippen molar-refractivity contribution in [3.05, 3.63) is 42.5 Å². The molecule has 0 aromatic heterocycles. The number of aliphatic carboxylic acids is 1. The molecule has 0 atom stereocenters. The van der Waals surface area contributed by atoms with Gasteiger partial charge in [-0.3, -0.25) is 9.59 Å². The molecule has 0 saturated heterocycles. The van der Waals surface area contributed by atoms with Crippen molar-refractivity contribution in [3.8, 4) is 0 Å². The van der Waals surface area contributed by atoms with E-state index in [-0.39, 0.29) is 18.0 Å². The third-order valence-corrected chi connectivity index (χ3v) is 5.17. The zero-order chi connectivity index (χ0) is 16.9. The van der Waals surface area contributed by atoms with Crippen LogP contribution in [0.5, 0.6) is 0 Å². The van der Waals surface area contributed by atoms with Gasteiger partial charge in [0.05, 0.1) is 4.90 Å². The minimum Gasteiger partial charge on any atom is -0.480 e. The van der Waals surface area contributed by atoms with Gasteiger partial charge in [0.15, 0.2) is 0 Å². The van der Waals surface area contributed by atoms with Gasteiger partial charge in [-0.15, -0.1) is 0 Å². The Labute approximate surface area is 133 Å². The smallest absolute Gasteiger partial charge is 0.318 e. The minimum atomic E-state index is -4.01. The molecule has 0 heterocycles. The van der Waals surface area contributed by atoms with E-state index in [1.807, 2.05) is 0 Å². The molecule has 23 heavy (non-hydrogen) atoms. The number of fused-ring (bicyclic) bond motifs is 1. The largest absolute Gasteiger partial charge is 0.480 e. The first kappa shape index (κ1) is 16.9. The highest BCUT2D eigenvalue weighted by molar-refractivity contribution is 7.89. The number of amides is 1. The second-order valence-corrected chi connectivity index (χ2v) is 6.69. The number of carboxylic acid groups (broad SMARTS) is 1. The van der Waals surface area contributed by atoms with Gasteiger partial charge in [-0.1, -0.05) is 36.4 Å². The summed E-state index contributed by atoms with van der Waals surface area (Å²) in [4.78, 5) is 21.3. The molecule has 2 aromatic rings. The highest BCUT2D eigenvalue weighted by Crippen LogP contribution is 2.25. The van der Waals surface area contributed by atoms with Crippen LogP contribution in [-0.2, 0) is 19.6 Å². The summed E-state index contributed by atoms with van der Waals surface area (Å²) in [6.45, 7) is -0.774. The third-order valence-electron chi connectivity index (χ3n) is 3.27.